The van der Waals surface area contributed by atoms with Crippen molar-refractivity contribution >= 4 is 39.2 Å². The molecule has 1 amide bonds. The number of nitrogens with zero attached hydrogens (tertiary/aromatic N) is 2. The molecule has 1 N–H and O–H groups in total. The average Bonchev–Trinajstić information content (AvgIpc) is 3.55. The average molecular weight is 507 g/mol. The van der Waals surface area contributed by atoms with Gasteiger partial charge in [-0.15, -0.1) is 0 Å². The summed E-state index contributed by atoms with van der Waals surface area (Å²) >= 11 is 0. The van der Waals surface area contributed by atoms with Crippen LogP contribution in [0.4, 0.5) is 5.69 Å². The summed E-state index contributed by atoms with van der Waals surface area (Å²) in [5.41, 5.74) is 4.62. The van der Waals surface area contributed by atoms with E-state index in [-0.39, 0.29) is 11.3 Å². The van der Waals surface area contributed by atoms with E-state index in [1.54, 1.807) is 12.1 Å². The molecule has 0 saturated carbocycles. The second-order valence-corrected chi connectivity index (χ2v) is 9.72. The van der Waals surface area contributed by atoms with Gasteiger partial charge in [0.1, 0.15) is 0 Å². The van der Waals surface area contributed by atoms with Crippen molar-refractivity contribution in [2.45, 2.75) is 19.9 Å². The highest BCUT2D eigenvalue weighted by Gasteiger charge is 2.46. The first-order valence-corrected chi connectivity index (χ1v) is 12.3. The number of fused-ring (bicyclic) bond motifs is 2. The Kier molecular flexibility index (Phi) is 5.38. The standard InChI is InChI=1S/C31H26N2O5/c1-17-12-18(2)14-20(13-17)33-27(22-16-32(3)23-10-6-5-9-21(22)23)26(29(35)31(33)36)28(34)25-15-19-8-7-11-24(37-4)30(19)38-25/h5-16,27,35H,1-4H3. The van der Waals surface area contributed by atoms with Gasteiger partial charge in [-0.3, -0.25) is 14.5 Å². The normalized spacial score (nSPS) is 15.7. The first kappa shape index (κ1) is 23.6. The van der Waals surface area contributed by atoms with Crippen molar-refractivity contribution in [3.8, 4) is 5.75 Å². The number of benzene rings is 3. The number of hydrogen-bond acceptors (Lipinski definition) is 5. The molecule has 1 atom stereocenters. The Labute approximate surface area is 219 Å². The van der Waals surface area contributed by atoms with Gasteiger partial charge in [0.25, 0.3) is 5.91 Å². The minimum atomic E-state index is -0.864. The summed E-state index contributed by atoms with van der Waals surface area (Å²) in [6, 6.07) is 19.7. The number of ether oxygens (including phenoxy) is 1. The number of aliphatic hydroxyl groups excluding tert-OH is 1. The number of aromatic nitrogens is 1. The SMILES string of the molecule is COc1cccc2cc(C(=O)C3=C(O)C(=O)N(c4cc(C)cc(C)c4)C3c3cn(C)c4ccccc34)oc12. The first-order chi connectivity index (χ1) is 18.3. The van der Waals surface area contributed by atoms with E-state index in [4.69, 9.17) is 9.15 Å². The summed E-state index contributed by atoms with van der Waals surface area (Å²) in [5, 5.41) is 12.8. The first-order valence-electron chi connectivity index (χ1n) is 12.3. The predicted molar refractivity (Wildman–Crippen MR) is 146 cm³/mol. The summed E-state index contributed by atoms with van der Waals surface area (Å²) in [6.45, 7) is 3.90. The number of Topliss-reactive ketones (excluding diaryl/α,β-unsaturated/α-hetero) is 1. The largest absolute Gasteiger partial charge is 0.503 e. The van der Waals surface area contributed by atoms with Crippen LogP contribution < -0.4 is 9.64 Å². The Morgan fingerprint density at radius 1 is 1.00 bits per heavy atom. The van der Waals surface area contributed by atoms with E-state index in [2.05, 4.69) is 0 Å². The molecule has 1 unspecified atom stereocenters. The van der Waals surface area contributed by atoms with Crippen LogP contribution in [0.5, 0.6) is 5.75 Å². The molecule has 0 saturated heterocycles. The van der Waals surface area contributed by atoms with Gasteiger partial charge in [-0.25, -0.2) is 0 Å². The Balaban J connectivity index is 1.58. The highest BCUT2D eigenvalue weighted by molar-refractivity contribution is 6.21. The van der Waals surface area contributed by atoms with E-state index in [0.29, 0.717) is 22.4 Å². The second kappa shape index (κ2) is 8.66. The molecule has 1 aliphatic heterocycles. The Hall–Kier alpha value is -4.78. The topological polar surface area (TPSA) is 84.9 Å². The number of aryl methyl sites for hydroxylation is 3. The molecule has 0 aliphatic carbocycles. The highest BCUT2D eigenvalue weighted by atomic mass is 16.5. The summed E-state index contributed by atoms with van der Waals surface area (Å²) in [7, 11) is 3.45. The molecule has 190 valence electrons. The van der Waals surface area contributed by atoms with Crippen molar-refractivity contribution in [1.82, 2.24) is 4.57 Å². The van der Waals surface area contributed by atoms with E-state index in [1.807, 2.05) is 86.3 Å². The molecule has 0 fully saturated rings. The number of anilines is 1. The van der Waals surface area contributed by atoms with Gasteiger partial charge in [-0.1, -0.05) is 36.4 Å². The highest BCUT2D eigenvalue weighted by Crippen LogP contribution is 2.45. The summed E-state index contributed by atoms with van der Waals surface area (Å²) in [5.74, 6) is -1.26. The number of rotatable bonds is 5. The van der Waals surface area contributed by atoms with Gasteiger partial charge in [0.15, 0.2) is 22.9 Å². The summed E-state index contributed by atoms with van der Waals surface area (Å²) < 4.78 is 13.3. The van der Waals surface area contributed by atoms with Crippen LogP contribution in [0.1, 0.15) is 33.3 Å². The molecular formula is C31H26N2O5. The van der Waals surface area contributed by atoms with Gasteiger partial charge < -0.3 is 18.8 Å². The number of amides is 1. The minimum absolute atomic E-state index is 0.0198. The van der Waals surface area contributed by atoms with Crippen molar-refractivity contribution < 1.29 is 23.8 Å². The molecule has 0 radical (unpaired) electrons. The maximum atomic E-state index is 14.1. The number of furan rings is 1. The monoisotopic (exact) mass is 506 g/mol. The predicted octanol–water partition coefficient (Wildman–Crippen LogP) is 6.33. The Bertz CT molecular complexity index is 1790. The number of carbonyl (C=O) groups excluding carboxylic acids is 2. The molecule has 6 rings (SSSR count). The zero-order valence-electron chi connectivity index (χ0n) is 21.5. The molecule has 7 heteroatoms. The van der Waals surface area contributed by atoms with Crippen LogP contribution in [0.2, 0.25) is 0 Å². The van der Waals surface area contributed by atoms with Crippen LogP contribution in [-0.2, 0) is 11.8 Å². The number of para-hydroxylation sites is 2. The van der Waals surface area contributed by atoms with Crippen LogP contribution in [0.25, 0.3) is 21.9 Å². The maximum Gasteiger partial charge on any atom is 0.294 e. The van der Waals surface area contributed by atoms with Crippen LogP contribution in [0.3, 0.4) is 0 Å². The molecule has 3 aromatic carbocycles. The smallest absolute Gasteiger partial charge is 0.294 e. The third-order valence-corrected chi connectivity index (χ3v) is 7.11. The number of carbonyl (C=O) groups is 2. The molecular weight excluding hydrogens is 480 g/mol. The van der Waals surface area contributed by atoms with Gasteiger partial charge >= 0.3 is 0 Å². The second-order valence-electron chi connectivity index (χ2n) is 9.72. The lowest BCUT2D eigenvalue weighted by Crippen LogP contribution is -2.31. The van der Waals surface area contributed by atoms with Crippen molar-refractivity contribution in [3.63, 3.8) is 0 Å². The fraction of sp³-hybridized carbons (Fsp3) is 0.161. The van der Waals surface area contributed by atoms with Crippen LogP contribution >= 0.6 is 0 Å². The van der Waals surface area contributed by atoms with E-state index in [1.165, 1.54) is 12.0 Å². The van der Waals surface area contributed by atoms with Crippen LogP contribution in [-0.4, -0.2) is 28.5 Å². The van der Waals surface area contributed by atoms with Crippen LogP contribution in [0, 0.1) is 13.8 Å². The van der Waals surface area contributed by atoms with E-state index < -0.39 is 23.5 Å². The lowest BCUT2D eigenvalue weighted by molar-refractivity contribution is -0.117. The third-order valence-electron chi connectivity index (χ3n) is 7.11. The minimum Gasteiger partial charge on any atom is -0.503 e. The number of ketones is 1. The fourth-order valence-electron chi connectivity index (χ4n) is 5.52. The molecule has 5 aromatic rings. The van der Waals surface area contributed by atoms with Gasteiger partial charge in [-0.05, 0) is 55.3 Å². The number of aliphatic hydroxyl groups is 1. The van der Waals surface area contributed by atoms with Crippen molar-refractivity contribution in [3.05, 3.63) is 107 Å². The quantitative estimate of drug-likeness (QED) is 0.282. The number of hydrogen-bond donors (Lipinski definition) is 1. The van der Waals surface area contributed by atoms with Gasteiger partial charge in [0.05, 0.1) is 18.7 Å². The maximum absolute atomic E-state index is 14.1. The zero-order chi connectivity index (χ0) is 26.7. The molecule has 0 bridgehead atoms. The van der Waals surface area contributed by atoms with Crippen molar-refractivity contribution in [2.24, 2.45) is 7.05 Å². The number of methoxy groups -OCH3 is 1. The van der Waals surface area contributed by atoms with E-state index >= 15 is 0 Å². The fourth-order valence-corrected chi connectivity index (χ4v) is 5.52. The Morgan fingerprint density at radius 2 is 1.74 bits per heavy atom. The zero-order valence-corrected chi connectivity index (χ0v) is 21.5. The van der Waals surface area contributed by atoms with Crippen molar-refractivity contribution in [1.29, 1.82) is 0 Å². The molecule has 2 aromatic heterocycles. The summed E-state index contributed by atoms with van der Waals surface area (Å²) in [6.07, 6.45) is 1.91. The Morgan fingerprint density at radius 3 is 2.47 bits per heavy atom. The van der Waals surface area contributed by atoms with Crippen molar-refractivity contribution in [2.75, 3.05) is 12.0 Å². The van der Waals surface area contributed by atoms with E-state index in [9.17, 15) is 14.7 Å². The molecule has 0 spiro atoms. The lowest BCUT2D eigenvalue weighted by atomic mass is 9.94. The third kappa shape index (κ3) is 3.50. The van der Waals surface area contributed by atoms with Crippen LogP contribution in [0.15, 0.2) is 88.7 Å². The summed E-state index contributed by atoms with van der Waals surface area (Å²) in [4.78, 5) is 29.3. The molecule has 3 heterocycles. The van der Waals surface area contributed by atoms with Gasteiger partial charge in [0.2, 0.25) is 5.78 Å². The van der Waals surface area contributed by atoms with E-state index in [0.717, 1.165) is 27.6 Å². The van der Waals surface area contributed by atoms with Gasteiger partial charge in [-0.2, -0.15) is 0 Å². The van der Waals surface area contributed by atoms with Gasteiger partial charge in [0, 0.05) is 40.8 Å². The molecule has 1 aliphatic rings. The molecule has 7 nitrogen and oxygen atoms in total. The lowest BCUT2D eigenvalue weighted by Gasteiger charge is -2.27. The molecule has 38 heavy (non-hydrogen) atoms.